The first-order valence-electron chi connectivity index (χ1n) is 7.13. The van der Waals surface area contributed by atoms with Crippen LogP contribution in [0.25, 0.3) is 0 Å². The minimum atomic E-state index is -0.470. The number of aryl methyl sites for hydroxylation is 2. The van der Waals surface area contributed by atoms with E-state index in [-0.39, 0.29) is 6.10 Å². The lowest BCUT2D eigenvalue weighted by Gasteiger charge is -2.20. The minimum Gasteiger partial charge on any atom is -0.487 e. The Hall–Kier alpha value is -1.80. The van der Waals surface area contributed by atoms with E-state index in [0.29, 0.717) is 6.42 Å². The van der Waals surface area contributed by atoms with Crippen molar-refractivity contribution in [2.24, 2.45) is 0 Å². The fraction of sp³-hybridized carbons (Fsp3) is 0.333. The SMILES string of the molecule is Cc1cccc(C)c1CC(O)C1Cc2ccccc2O1. The van der Waals surface area contributed by atoms with Crippen LogP contribution in [0, 0.1) is 13.8 Å². The maximum atomic E-state index is 10.5. The van der Waals surface area contributed by atoms with E-state index in [0.717, 1.165) is 12.2 Å². The topological polar surface area (TPSA) is 29.5 Å². The molecular formula is C18H20O2. The summed E-state index contributed by atoms with van der Waals surface area (Å²) in [6.07, 6.45) is 0.841. The molecule has 20 heavy (non-hydrogen) atoms. The zero-order valence-electron chi connectivity index (χ0n) is 12.0. The normalized spacial score (nSPS) is 18.4. The zero-order chi connectivity index (χ0) is 14.1. The van der Waals surface area contributed by atoms with E-state index in [1.807, 2.05) is 18.2 Å². The summed E-state index contributed by atoms with van der Waals surface area (Å²) in [4.78, 5) is 0. The van der Waals surface area contributed by atoms with E-state index in [1.54, 1.807) is 0 Å². The summed E-state index contributed by atoms with van der Waals surface area (Å²) >= 11 is 0. The highest BCUT2D eigenvalue weighted by Gasteiger charge is 2.29. The molecule has 0 bridgehead atoms. The lowest BCUT2D eigenvalue weighted by molar-refractivity contribution is 0.0501. The Morgan fingerprint density at radius 1 is 1.10 bits per heavy atom. The lowest BCUT2D eigenvalue weighted by Crippen LogP contribution is -2.32. The number of rotatable bonds is 3. The van der Waals surface area contributed by atoms with E-state index in [2.05, 4.69) is 38.1 Å². The highest BCUT2D eigenvalue weighted by atomic mass is 16.5. The molecule has 0 aliphatic carbocycles. The Bertz CT molecular complexity index is 573. The first-order valence-corrected chi connectivity index (χ1v) is 7.13. The predicted octanol–water partition coefficient (Wildman–Crippen LogP) is 3.21. The molecule has 0 saturated carbocycles. The van der Waals surface area contributed by atoms with Gasteiger partial charge in [-0.25, -0.2) is 0 Å². The van der Waals surface area contributed by atoms with E-state index < -0.39 is 6.10 Å². The number of ether oxygens (including phenoxy) is 1. The van der Waals surface area contributed by atoms with Gasteiger partial charge in [0, 0.05) is 12.8 Å². The summed E-state index contributed by atoms with van der Waals surface area (Å²) in [5.74, 6) is 0.915. The Labute approximate surface area is 120 Å². The Balaban J connectivity index is 1.74. The number of hydrogen-bond donors (Lipinski definition) is 1. The van der Waals surface area contributed by atoms with Gasteiger partial charge >= 0.3 is 0 Å². The third-order valence-corrected chi connectivity index (χ3v) is 4.16. The van der Waals surface area contributed by atoms with Gasteiger partial charge in [0.15, 0.2) is 0 Å². The van der Waals surface area contributed by atoms with Crippen molar-refractivity contribution in [3.63, 3.8) is 0 Å². The Morgan fingerprint density at radius 3 is 2.50 bits per heavy atom. The van der Waals surface area contributed by atoms with Gasteiger partial charge in [0.25, 0.3) is 0 Å². The second-order valence-electron chi connectivity index (χ2n) is 5.61. The molecule has 2 unspecified atom stereocenters. The maximum absolute atomic E-state index is 10.5. The van der Waals surface area contributed by atoms with Crippen LogP contribution in [-0.4, -0.2) is 17.3 Å². The van der Waals surface area contributed by atoms with Crippen LogP contribution in [0.4, 0.5) is 0 Å². The van der Waals surface area contributed by atoms with Crippen molar-refractivity contribution in [3.05, 3.63) is 64.7 Å². The van der Waals surface area contributed by atoms with E-state index >= 15 is 0 Å². The quantitative estimate of drug-likeness (QED) is 0.926. The molecule has 0 aromatic heterocycles. The molecule has 0 amide bonds. The second-order valence-corrected chi connectivity index (χ2v) is 5.61. The van der Waals surface area contributed by atoms with Crippen LogP contribution in [0.1, 0.15) is 22.3 Å². The third kappa shape index (κ3) is 2.44. The molecule has 1 heterocycles. The van der Waals surface area contributed by atoms with Crippen molar-refractivity contribution in [3.8, 4) is 5.75 Å². The summed E-state index contributed by atoms with van der Waals surface area (Å²) in [5.41, 5.74) is 4.90. The molecule has 0 fully saturated rings. The molecule has 104 valence electrons. The molecule has 2 aromatic rings. The molecule has 2 aromatic carbocycles. The standard InChI is InChI=1S/C18H20O2/c1-12-6-5-7-13(2)15(12)11-16(19)18-10-14-8-3-4-9-17(14)20-18/h3-9,16,18-19H,10-11H2,1-2H3. The van der Waals surface area contributed by atoms with Gasteiger partial charge in [-0.2, -0.15) is 0 Å². The van der Waals surface area contributed by atoms with Crippen LogP contribution in [0.5, 0.6) is 5.75 Å². The molecule has 1 N–H and O–H groups in total. The molecule has 0 saturated heterocycles. The maximum Gasteiger partial charge on any atom is 0.129 e. The van der Waals surface area contributed by atoms with Crippen molar-refractivity contribution in [2.75, 3.05) is 0 Å². The van der Waals surface area contributed by atoms with Crippen LogP contribution in [0.3, 0.4) is 0 Å². The molecular weight excluding hydrogens is 248 g/mol. The van der Waals surface area contributed by atoms with Gasteiger partial charge in [-0.1, -0.05) is 36.4 Å². The molecule has 0 radical (unpaired) electrons. The van der Waals surface area contributed by atoms with Crippen molar-refractivity contribution in [1.29, 1.82) is 0 Å². The molecule has 2 nitrogen and oxygen atoms in total. The van der Waals surface area contributed by atoms with Crippen molar-refractivity contribution in [2.45, 2.75) is 38.9 Å². The molecule has 3 rings (SSSR count). The molecule has 0 spiro atoms. The highest BCUT2D eigenvalue weighted by molar-refractivity contribution is 5.38. The van der Waals surface area contributed by atoms with Gasteiger partial charge in [0.2, 0.25) is 0 Å². The van der Waals surface area contributed by atoms with Crippen molar-refractivity contribution in [1.82, 2.24) is 0 Å². The largest absolute Gasteiger partial charge is 0.487 e. The van der Waals surface area contributed by atoms with Gasteiger partial charge in [0.05, 0.1) is 6.10 Å². The first kappa shape index (κ1) is 13.2. The van der Waals surface area contributed by atoms with E-state index in [1.165, 1.54) is 22.3 Å². The molecule has 2 atom stereocenters. The average Bonchev–Trinajstić information content (AvgIpc) is 2.87. The number of aliphatic hydroxyl groups is 1. The fourth-order valence-corrected chi connectivity index (χ4v) is 2.94. The minimum absolute atomic E-state index is 0.133. The van der Waals surface area contributed by atoms with Crippen LogP contribution in [0.2, 0.25) is 0 Å². The van der Waals surface area contributed by atoms with Crippen LogP contribution < -0.4 is 4.74 Å². The monoisotopic (exact) mass is 268 g/mol. The zero-order valence-corrected chi connectivity index (χ0v) is 12.0. The molecule has 1 aliphatic rings. The van der Waals surface area contributed by atoms with Crippen LogP contribution in [-0.2, 0) is 12.8 Å². The molecule has 1 aliphatic heterocycles. The number of hydrogen-bond acceptors (Lipinski definition) is 2. The summed E-state index contributed by atoms with van der Waals surface area (Å²) in [5, 5.41) is 10.5. The second kappa shape index (κ2) is 5.29. The summed E-state index contributed by atoms with van der Waals surface area (Å²) < 4.78 is 5.87. The Morgan fingerprint density at radius 2 is 1.80 bits per heavy atom. The summed E-state index contributed by atoms with van der Waals surface area (Å²) in [6.45, 7) is 4.19. The van der Waals surface area contributed by atoms with Gasteiger partial charge in [0.1, 0.15) is 11.9 Å². The van der Waals surface area contributed by atoms with Gasteiger partial charge in [-0.05, 0) is 42.2 Å². The predicted molar refractivity (Wildman–Crippen MR) is 80.2 cm³/mol. The third-order valence-electron chi connectivity index (χ3n) is 4.16. The van der Waals surface area contributed by atoms with Gasteiger partial charge in [-0.3, -0.25) is 0 Å². The van der Waals surface area contributed by atoms with Gasteiger partial charge < -0.3 is 9.84 Å². The summed E-state index contributed by atoms with van der Waals surface area (Å²) in [6, 6.07) is 14.3. The van der Waals surface area contributed by atoms with Gasteiger partial charge in [-0.15, -0.1) is 0 Å². The number of benzene rings is 2. The van der Waals surface area contributed by atoms with Crippen molar-refractivity contribution < 1.29 is 9.84 Å². The fourth-order valence-electron chi connectivity index (χ4n) is 2.94. The number of aliphatic hydroxyl groups excluding tert-OH is 1. The van der Waals surface area contributed by atoms with E-state index in [4.69, 9.17) is 4.74 Å². The first-order chi connectivity index (χ1) is 9.65. The van der Waals surface area contributed by atoms with Crippen molar-refractivity contribution >= 4 is 0 Å². The summed E-state index contributed by atoms with van der Waals surface area (Å²) in [7, 11) is 0. The smallest absolute Gasteiger partial charge is 0.129 e. The number of fused-ring (bicyclic) bond motifs is 1. The van der Waals surface area contributed by atoms with Crippen LogP contribution in [0.15, 0.2) is 42.5 Å². The Kier molecular flexibility index (Phi) is 3.49. The van der Waals surface area contributed by atoms with Crippen LogP contribution >= 0.6 is 0 Å². The molecule has 2 heteroatoms. The van der Waals surface area contributed by atoms with E-state index in [9.17, 15) is 5.11 Å². The highest BCUT2D eigenvalue weighted by Crippen LogP contribution is 2.30. The average molecular weight is 268 g/mol. The number of para-hydroxylation sites is 1. The lowest BCUT2D eigenvalue weighted by atomic mass is 9.94.